The third kappa shape index (κ3) is 4.23. The molecule has 0 fully saturated rings. The summed E-state index contributed by atoms with van der Waals surface area (Å²) in [7, 11) is 1.60. The predicted octanol–water partition coefficient (Wildman–Crippen LogP) is 4.09. The number of aryl methyl sites for hydroxylation is 2. The van der Waals surface area contributed by atoms with Crippen molar-refractivity contribution in [1.82, 2.24) is 10.2 Å². The third-order valence-corrected chi connectivity index (χ3v) is 4.61. The molecule has 0 radical (unpaired) electrons. The Kier molecular flexibility index (Phi) is 5.58. The average molecular weight is 369 g/mol. The van der Waals surface area contributed by atoms with Crippen molar-refractivity contribution in [3.05, 3.63) is 53.6 Å². The molecule has 1 aromatic heterocycles. The van der Waals surface area contributed by atoms with E-state index in [9.17, 15) is 4.79 Å². The van der Waals surface area contributed by atoms with Crippen molar-refractivity contribution < 1.29 is 13.9 Å². The van der Waals surface area contributed by atoms with Crippen molar-refractivity contribution in [2.24, 2.45) is 0 Å². The summed E-state index contributed by atoms with van der Waals surface area (Å²) in [5.74, 6) is 1.17. The smallest absolute Gasteiger partial charge is 0.277 e. The molecule has 0 aliphatic heterocycles. The molecule has 1 amide bonds. The van der Waals surface area contributed by atoms with Gasteiger partial charge in [0.2, 0.25) is 11.8 Å². The number of ether oxygens (including phenoxy) is 1. The molecule has 6 nitrogen and oxygen atoms in total. The van der Waals surface area contributed by atoms with E-state index >= 15 is 0 Å². The fourth-order valence-corrected chi connectivity index (χ4v) is 3.02. The van der Waals surface area contributed by atoms with E-state index in [1.807, 2.05) is 56.3 Å². The second kappa shape index (κ2) is 8.05. The van der Waals surface area contributed by atoms with Gasteiger partial charge in [-0.15, -0.1) is 10.2 Å². The quantitative estimate of drug-likeness (QED) is 0.660. The molecule has 0 atom stereocenters. The maximum Gasteiger partial charge on any atom is 0.277 e. The third-order valence-electron chi connectivity index (χ3n) is 3.80. The maximum atomic E-state index is 12.2. The Labute approximate surface area is 156 Å². The minimum Gasteiger partial charge on any atom is -0.497 e. The van der Waals surface area contributed by atoms with Crippen LogP contribution >= 0.6 is 11.8 Å². The Morgan fingerprint density at radius 2 is 1.88 bits per heavy atom. The number of nitrogens with one attached hydrogen (secondary N) is 1. The summed E-state index contributed by atoms with van der Waals surface area (Å²) in [5.41, 5.74) is 3.67. The summed E-state index contributed by atoms with van der Waals surface area (Å²) in [6, 6.07) is 13.3. The number of para-hydroxylation sites is 1. The van der Waals surface area contributed by atoms with Gasteiger partial charge >= 0.3 is 0 Å². The van der Waals surface area contributed by atoms with Gasteiger partial charge in [0.05, 0.1) is 12.9 Å². The van der Waals surface area contributed by atoms with Gasteiger partial charge in [-0.3, -0.25) is 4.79 Å². The first-order chi connectivity index (χ1) is 12.6. The molecule has 0 aliphatic carbocycles. The second-order valence-electron chi connectivity index (χ2n) is 5.71. The number of carbonyl (C=O) groups excluding carboxylic acids is 1. The van der Waals surface area contributed by atoms with Crippen LogP contribution in [0.3, 0.4) is 0 Å². The first-order valence-corrected chi connectivity index (χ1v) is 9.02. The summed E-state index contributed by atoms with van der Waals surface area (Å²) in [6.07, 6.45) is 0. The number of amides is 1. The number of carbonyl (C=O) groups is 1. The van der Waals surface area contributed by atoms with E-state index in [2.05, 4.69) is 15.5 Å². The number of nitrogens with zero attached hydrogens (tertiary/aromatic N) is 2. The molecule has 0 saturated heterocycles. The van der Waals surface area contributed by atoms with Crippen LogP contribution in [0.15, 0.2) is 52.1 Å². The van der Waals surface area contributed by atoms with Gasteiger partial charge in [0.15, 0.2) is 0 Å². The van der Waals surface area contributed by atoms with Crippen molar-refractivity contribution in [3.63, 3.8) is 0 Å². The molecule has 0 spiro atoms. The summed E-state index contributed by atoms with van der Waals surface area (Å²) in [6.45, 7) is 3.93. The number of rotatable bonds is 6. The molecular formula is C19H19N3O3S. The van der Waals surface area contributed by atoms with Gasteiger partial charge in [0, 0.05) is 11.3 Å². The van der Waals surface area contributed by atoms with Gasteiger partial charge < -0.3 is 14.5 Å². The fraction of sp³-hybridized carbons (Fsp3) is 0.211. The van der Waals surface area contributed by atoms with Gasteiger partial charge in [-0.1, -0.05) is 36.0 Å². The Morgan fingerprint density at radius 1 is 1.15 bits per heavy atom. The Bertz CT molecular complexity index is 904. The van der Waals surface area contributed by atoms with Crippen LogP contribution in [0, 0.1) is 13.8 Å². The molecule has 7 heteroatoms. The Morgan fingerprint density at radius 3 is 2.62 bits per heavy atom. The van der Waals surface area contributed by atoms with Crippen molar-refractivity contribution in [3.8, 4) is 17.2 Å². The number of hydrogen-bond donors (Lipinski definition) is 1. The fourth-order valence-electron chi connectivity index (χ4n) is 2.46. The van der Waals surface area contributed by atoms with Crippen molar-refractivity contribution >= 4 is 23.4 Å². The molecule has 0 bridgehead atoms. The van der Waals surface area contributed by atoms with Crippen LogP contribution in [0.25, 0.3) is 11.5 Å². The highest BCUT2D eigenvalue weighted by Crippen LogP contribution is 2.26. The molecule has 3 rings (SSSR count). The van der Waals surface area contributed by atoms with Crippen molar-refractivity contribution in [1.29, 1.82) is 0 Å². The molecular weight excluding hydrogens is 350 g/mol. The lowest BCUT2D eigenvalue weighted by Crippen LogP contribution is -2.15. The number of thioether (sulfide) groups is 1. The number of benzene rings is 2. The number of anilines is 1. The summed E-state index contributed by atoms with van der Waals surface area (Å²) in [4.78, 5) is 12.2. The van der Waals surface area contributed by atoms with Crippen LogP contribution in [-0.2, 0) is 4.79 Å². The Hall–Kier alpha value is -2.80. The van der Waals surface area contributed by atoms with Crippen LogP contribution in [-0.4, -0.2) is 29.0 Å². The van der Waals surface area contributed by atoms with E-state index in [0.29, 0.717) is 16.9 Å². The highest BCUT2D eigenvalue weighted by molar-refractivity contribution is 7.99. The lowest BCUT2D eigenvalue weighted by molar-refractivity contribution is -0.113. The SMILES string of the molecule is COc1cccc(-c2nnc(SCC(=O)Nc3c(C)cccc3C)o2)c1. The van der Waals surface area contributed by atoms with E-state index in [1.165, 1.54) is 11.8 Å². The average Bonchev–Trinajstić information content (AvgIpc) is 3.12. The van der Waals surface area contributed by atoms with Gasteiger partial charge in [-0.25, -0.2) is 0 Å². The van der Waals surface area contributed by atoms with Gasteiger partial charge in [0.25, 0.3) is 5.22 Å². The number of aromatic nitrogens is 2. The first kappa shape index (κ1) is 18.0. The zero-order chi connectivity index (χ0) is 18.5. The minimum atomic E-state index is -0.117. The van der Waals surface area contributed by atoms with E-state index in [0.717, 1.165) is 22.4 Å². The van der Waals surface area contributed by atoms with E-state index < -0.39 is 0 Å². The molecule has 1 heterocycles. The highest BCUT2D eigenvalue weighted by Gasteiger charge is 2.13. The predicted molar refractivity (Wildman–Crippen MR) is 102 cm³/mol. The largest absolute Gasteiger partial charge is 0.497 e. The first-order valence-electron chi connectivity index (χ1n) is 8.03. The van der Waals surface area contributed by atoms with E-state index in [-0.39, 0.29) is 11.7 Å². The standard InChI is InChI=1S/C19H19N3O3S/c1-12-6-4-7-13(2)17(12)20-16(23)11-26-19-22-21-18(25-19)14-8-5-9-15(10-14)24-3/h4-10H,11H2,1-3H3,(H,20,23). The molecule has 26 heavy (non-hydrogen) atoms. The topological polar surface area (TPSA) is 77.2 Å². The van der Waals surface area contributed by atoms with E-state index in [1.54, 1.807) is 7.11 Å². The monoisotopic (exact) mass is 369 g/mol. The zero-order valence-corrected chi connectivity index (χ0v) is 15.6. The molecule has 134 valence electrons. The maximum absolute atomic E-state index is 12.2. The van der Waals surface area contributed by atoms with Gasteiger partial charge in [-0.2, -0.15) is 0 Å². The minimum absolute atomic E-state index is 0.117. The summed E-state index contributed by atoms with van der Waals surface area (Å²) >= 11 is 1.20. The van der Waals surface area contributed by atoms with Crippen LogP contribution < -0.4 is 10.1 Å². The number of methoxy groups -OCH3 is 1. The van der Waals surface area contributed by atoms with E-state index in [4.69, 9.17) is 9.15 Å². The van der Waals surface area contributed by atoms with Gasteiger partial charge in [-0.05, 0) is 43.2 Å². The molecule has 1 N–H and O–H groups in total. The number of hydrogen-bond acceptors (Lipinski definition) is 6. The molecule has 0 aliphatic rings. The van der Waals surface area contributed by atoms with Crippen LogP contribution in [0.4, 0.5) is 5.69 Å². The molecule has 3 aromatic rings. The molecule has 0 saturated carbocycles. The van der Waals surface area contributed by atoms with Crippen molar-refractivity contribution in [2.75, 3.05) is 18.2 Å². The lowest BCUT2D eigenvalue weighted by atomic mass is 10.1. The normalized spacial score (nSPS) is 10.6. The molecule has 0 unspecified atom stereocenters. The second-order valence-corrected chi connectivity index (χ2v) is 6.64. The highest BCUT2D eigenvalue weighted by atomic mass is 32.2. The van der Waals surface area contributed by atoms with Gasteiger partial charge in [0.1, 0.15) is 5.75 Å². The molecule has 2 aromatic carbocycles. The van der Waals surface area contributed by atoms with Crippen LogP contribution in [0.1, 0.15) is 11.1 Å². The van der Waals surface area contributed by atoms with Crippen LogP contribution in [0.2, 0.25) is 0 Å². The lowest BCUT2D eigenvalue weighted by Gasteiger charge is -2.10. The zero-order valence-electron chi connectivity index (χ0n) is 14.8. The Balaban J connectivity index is 1.62. The summed E-state index contributed by atoms with van der Waals surface area (Å²) < 4.78 is 10.8. The van der Waals surface area contributed by atoms with Crippen molar-refractivity contribution in [2.45, 2.75) is 19.1 Å². The summed E-state index contributed by atoms with van der Waals surface area (Å²) in [5, 5.41) is 11.3. The van der Waals surface area contributed by atoms with Crippen LogP contribution in [0.5, 0.6) is 5.75 Å².